The average molecular weight is 575 g/mol. The van der Waals surface area contributed by atoms with E-state index < -0.39 is 18.8 Å². The molecular weight excluding hydrogens is 520 g/mol. The Morgan fingerprint density at radius 2 is 1.57 bits per heavy atom. The summed E-state index contributed by atoms with van der Waals surface area (Å²) >= 11 is 0. The zero-order valence-corrected chi connectivity index (χ0v) is 25.9. The zero-order chi connectivity index (χ0) is 31.5. The first kappa shape index (κ1) is 39.9. The first-order chi connectivity index (χ1) is 18.9. The number of aliphatic hydroxyl groups excluding tert-OH is 1. The van der Waals surface area contributed by atoms with Gasteiger partial charge in [-0.05, 0) is 80.5 Å². The molecule has 1 aliphatic carbocycles. The maximum atomic E-state index is 15.3. The number of aliphatic hydroxyl groups is 2. The molecule has 2 aromatic carbocycles. The van der Waals surface area contributed by atoms with Crippen LogP contribution >= 0.6 is 0 Å². The largest absolute Gasteiger partial charge is 0.371 e. The predicted octanol–water partition coefficient (Wildman–Crippen LogP) is 9.38. The molecule has 2 aromatic rings. The Hall–Kier alpha value is -2.25. The molecule has 3 unspecified atom stereocenters. The molecule has 0 radical (unpaired) electrons. The summed E-state index contributed by atoms with van der Waals surface area (Å²) in [6, 6.07) is 11.6. The van der Waals surface area contributed by atoms with Crippen LogP contribution < -0.4 is 0 Å². The van der Waals surface area contributed by atoms with Gasteiger partial charge in [0.1, 0.15) is 24.2 Å². The summed E-state index contributed by atoms with van der Waals surface area (Å²) in [7, 11) is 0. The number of hydrogen-bond acceptors (Lipinski definition) is 3. The fourth-order valence-electron chi connectivity index (χ4n) is 4.81. The molecule has 3 rings (SSSR count). The van der Waals surface area contributed by atoms with Crippen molar-refractivity contribution in [3.8, 4) is 11.1 Å². The molecule has 0 spiro atoms. The molecule has 1 aliphatic rings. The van der Waals surface area contributed by atoms with Crippen LogP contribution in [0.15, 0.2) is 42.5 Å². The van der Waals surface area contributed by atoms with Gasteiger partial charge in [-0.1, -0.05) is 78.3 Å². The average Bonchev–Trinajstić information content (AvgIpc) is 3.19. The van der Waals surface area contributed by atoms with Gasteiger partial charge in [-0.25, -0.2) is 13.2 Å². The topological polar surface area (TPSA) is 57.5 Å². The number of halogens is 4. The van der Waals surface area contributed by atoms with E-state index in [1.807, 2.05) is 39.0 Å². The zero-order valence-electron chi connectivity index (χ0n) is 25.9. The maximum Gasteiger partial charge on any atom is 0.140 e. The van der Waals surface area contributed by atoms with Crippen molar-refractivity contribution in [2.75, 3.05) is 13.5 Å². The number of hydrogen-bond donors (Lipinski definition) is 2. The molecule has 0 bridgehead atoms. The fourth-order valence-corrected chi connectivity index (χ4v) is 4.81. The Labute approximate surface area is 241 Å². The molecule has 232 valence electrons. The lowest BCUT2D eigenvalue weighted by molar-refractivity contribution is -0.122. The minimum Gasteiger partial charge on any atom is -0.371 e. The summed E-state index contributed by atoms with van der Waals surface area (Å²) in [5, 5.41) is 14.2. The van der Waals surface area contributed by atoms with Crippen molar-refractivity contribution in [2.45, 2.75) is 94.2 Å². The van der Waals surface area contributed by atoms with Gasteiger partial charge in [0, 0.05) is 12.9 Å². The minimum absolute atomic E-state index is 0. The normalized spacial score (nSPS) is 21.6. The molecule has 0 aliphatic heterocycles. The van der Waals surface area contributed by atoms with Gasteiger partial charge in [-0.15, -0.1) is 0 Å². The van der Waals surface area contributed by atoms with Crippen molar-refractivity contribution in [1.82, 2.24) is 0 Å². The van der Waals surface area contributed by atoms with E-state index in [0.717, 1.165) is 12.8 Å². The second-order valence-corrected chi connectivity index (χ2v) is 9.98. The predicted molar refractivity (Wildman–Crippen MR) is 161 cm³/mol. The standard InChI is InChI=1S/C24H28F2O.C4H9F.C2H5F.C2H6.CH4O2.H2/c1-5-24(4)14-22(16(3)27)20(15(24)2)12-18-11-19(25)13-21(23(18)26)17-9-7-6-8-10-17;1-3-4(2)5;1-2-3;1-2;2-1-3;/h6-11,13,15,20,22H,5,12,14H2,1-4H3;4H,3H2,1-2H3;2H2,1H3;1-2H3;2-3H,1H2;1H/t15-,20+,22?,24?;;;;;/m1...../s1. The van der Waals surface area contributed by atoms with Gasteiger partial charge >= 0.3 is 0 Å². The first-order valence-corrected chi connectivity index (χ1v) is 14.3. The van der Waals surface area contributed by atoms with E-state index >= 15 is 4.39 Å². The van der Waals surface area contributed by atoms with E-state index in [1.165, 1.54) is 19.1 Å². The molecule has 3 nitrogen and oxygen atoms in total. The molecule has 0 saturated heterocycles. The van der Waals surface area contributed by atoms with Gasteiger partial charge in [-0.2, -0.15) is 0 Å². The van der Waals surface area contributed by atoms with Crippen molar-refractivity contribution >= 4 is 5.78 Å². The van der Waals surface area contributed by atoms with Crippen LogP contribution in [0.25, 0.3) is 11.1 Å². The van der Waals surface area contributed by atoms with Crippen molar-refractivity contribution in [2.24, 2.45) is 23.2 Å². The lowest BCUT2D eigenvalue weighted by Gasteiger charge is -2.30. The summed E-state index contributed by atoms with van der Waals surface area (Å²) in [4.78, 5) is 12.3. The molecule has 1 saturated carbocycles. The molecule has 5 atom stereocenters. The summed E-state index contributed by atoms with van der Waals surface area (Å²) in [6.45, 7) is 16.0. The second-order valence-electron chi connectivity index (χ2n) is 9.98. The fraction of sp³-hybridized carbons (Fsp3) is 0.606. The van der Waals surface area contributed by atoms with E-state index in [9.17, 15) is 18.0 Å². The number of carbonyl (C=O) groups excluding carboxylic acids is 1. The smallest absolute Gasteiger partial charge is 0.140 e. The van der Waals surface area contributed by atoms with Crippen molar-refractivity contribution in [3.05, 3.63) is 59.7 Å². The third-order valence-electron chi connectivity index (χ3n) is 7.49. The molecule has 0 amide bonds. The van der Waals surface area contributed by atoms with Crippen LogP contribution in [0.3, 0.4) is 0 Å². The number of Topliss-reactive ketones (excluding diaryl/α,β-unsaturated/α-hetero) is 1. The second kappa shape index (κ2) is 21.5. The number of rotatable bonds is 6. The van der Waals surface area contributed by atoms with E-state index in [2.05, 4.69) is 20.8 Å². The Bertz CT molecular complexity index is 942. The van der Waals surface area contributed by atoms with Gasteiger partial charge in [-0.3, -0.25) is 9.18 Å². The van der Waals surface area contributed by atoms with Crippen LogP contribution in [0.5, 0.6) is 0 Å². The molecule has 1 fully saturated rings. The third-order valence-corrected chi connectivity index (χ3v) is 7.49. The molecule has 7 heteroatoms. The molecule has 2 N–H and O–H groups in total. The van der Waals surface area contributed by atoms with Crippen LogP contribution in [0.2, 0.25) is 0 Å². The highest BCUT2D eigenvalue weighted by molar-refractivity contribution is 5.79. The van der Waals surface area contributed by atoms with Gasteiger partial charge in [0.2, 0.25) is 0 Å². The lowest BCUT2D eigenvalue weighted by atomic mass is 9.75. The van der Waals surface area contributed by atoms with Gasteiger partial charge in [0.05, 0.1) is 12.8 Å². The van der Waals surface area contributed by atoms with E-state index in [0.29, 0.717) is 24.0 Å². The third kappa shape index (κ3) is 12.9. The van der Waals surface area contributed by atoms with E-state index in [4.69, 9.17) is 10.2 Å². The Morgan fingerprint density at radius 3 is 1.98 bits per heavy atom. The van der Waals surface area contributed by atoms with E-state index in [1.54, 1.807) is 26.0 Å². The lowest BCUT2D eigenvalue weighted by Crippen LogP contribution is -2.25. The molecule has 0 aromatic heterocycles. The van der Waals surface area contributed by atoms with Crippen LogP contribution in [0.4, 0.5) is 17.6 Å². The summed E-state index contributed by atoms with van der Waals surface area (Å²) < 4.78 is 51.3. The van der Waals surface area contributed by atoms with Crippen LogP contribution in [0.1, 0.15) is 88.6 Å². The first-order valence-electron chi connectivity index (χ1n) is 14.3. The van der Waals surface area contributed by atoms with Crippen molar-refractivity contribution < 1.29 is 34.0 Å². The highest BCUT2D eigenvalue weighted by Gasteiger charge is 2.48. The molecule has 40 heavy (non-hydrogen) atoms. The minimum atomic E-state index is -0.750. The highest BCUT2D eigenvalue weighted by Crippen LogP contribution is 2.53. The van der Waals surface area contributed by atoms with Crippen molar-refractivity contribution in [3.63, 3.8) is 0 Å². The van der Waals surface area contributed by atoms with Gasteiger partial charge in [0.25, 0.3) is 0 Å². The van der Waals surface area contributed by atoms with E-state index in [-0.39, 0.29) is 48.4 Å². The molecular formula is C33H54F4O3. The van der Waals surface area contributed by atoms with Gasteiger partial charge in [0.15, 0.2) is 0 Å². The number of ketones is 1. The quantitative estimate of drug-likeness (QED) is 0.267. The summed E-state index contributed by atoms with van der Waals surface area (Å²) in [5.74, 6) is -0.431. The van der Waals surface area contributed by atoms with Gasteiger partial charge < -0.3 is 10.2 Å². The number of alkyl halides is 2. The molecule has 0 heterocycles. The Kier molecular flexibility index (Phi) is 21.4. The number of benzene rings is 2. The Balaban J connectivity index is -0.000000879. The summed E-state index contributed by atoms with van der Waals surface area (Å²) in [5.41, 5.74) is 1.38. The Morgan fingerprint density at radius 1 is 1.10 bits per heavy atom. The van der Waals surface area contributed by atoms with Crippen LogP contribution in [-0.2, 0) is 11.2 Å². The van der Waals surface area contributed by atoms with Crippen LogP contribution in [0, 0.1) is 34.8 Å². The summed E-state index contributed by atoms with van der Waals surface area (Å²) in [6.07, 6.45) is 2.22. The van der Waals surface area contributed by atoms with Crippen LogP contribution in [-0.4, -0.2) is 35.6 Å². The van der Waals surface area contributed by atoms with Crippen molar-refractivity contribution in [1.29, 1.82) is 0 Å². The number of carbonyl (C=O) groups is 1. The monoisotopic (exact) mass is 574 g/mol. The highest BCUT2D eigenvalue weighted by atomic mass is 19.1. The maximum absolute atomic E-state index is 15.3. The SMILES string of the molecule is CC.CCC(C)F.CCC1(C)CC(C(C)=O)[C@@H](Cc2cc(F)cc(-c3ccccc3)c2F)[C@H]1C.CCF.OCO.[HH].